The van der Waals surface area contributed by atoms with Gasteiger partial charge in [0.05, 0.1) is 16.7 Å². The Hall–Kier alpha value is -5.34. The summed E-state index contributed by atoms with van der Waals surface area (Å²) < 4.78 is 8.54. The molecule has 40 heavy (non-hydrogen) atoms. The first-order chi connectivity index (χ1) is 19.8. The molecule has 186 valence electrons. The number of hydrogen-bond donors (Lipinski definition) is 0. The van der Waals surface area contributed by atoms with E-state index < -0.39 is 0 Å². The zero-order valence-electron chi connectivity index (χ0n) is 21.6. The lowest BCUT2D eigenvalue weighted by Gasteiger charge is -2.12. The zero-order valence-corrected chi connectivity index (χ0v) is 21.6. The van der Waals surface area contributed by atoms with Gasteiger partial charge in [-0.1, -0.05) is 97.1 Å². The third-order valence-corrected chi connectivity index (χ3v) is 8.37. The number of rotatable bonds is 2. The molecule has 0 amide bonds. The molecule has 0 N–H and O–H groups in total. The summed E-state index contributed by atoms with van der Waals surface area (Å²) in [6, 6.07) is 50.2. The van der Waals surface area contributed by atoms with Crippen LogP contribution in [0.2, 0.25) is 0 Å². The molecule has 2 nitrogen and oxygen atoms in total. The number of nitrogens with zero attached hydrogens (tertiary/aromatic N) is 1. The molecular weight excluding hydrogens is 486 g/mol. The standard InChI is InChI=1S/C38H23NO/c1-3-11-28-24(8-1)10-7-14-33(28)39-34-19-17-26(23-32(34)38-29-12-4-2-9-25(29)16-20-35(38)39)27-18-21-37-31(22-27)30-13-5-6-15-36(30)40-37/h1-23H. The molecule has 2 aromatic heterocycles. The van der Waals surface area contributed by atoms with Gasteiger partial charge in [-0.25, -0.2) is 0 Å². The van der Waals surface area contributed by atoms with Crippen LogP contribution in [0.1, 0.15) is 0 Å². The molecular formula is C38H23NO. The topological polar surface area (TPSA) is 18.1 Å². The van der Waals surface area contributed by atoms with Crippen molar-refractivity contribution in [2.24, 2.45) is 0 Å². The Morgan fingerprint density at radius 2 is 1.02 bits per heavy atom. The fourth-order valence-corrected chi connectivity index (χ4v) is 6.54. The monoisotopic (exact) mass is 509 g/mol. The highest BCUT2D eigenvalue weighted by Crippen LogP contribution is 2.40. The van der Waals surface area contributed by atoms with E-state index in [-0.39, 0.29) is 0 Å². The number of hydrogen-bond acceptors (Lipinski definition) is 1. The number of para-hydroxylation sites is 1. The number of benzene rings is 7. The second kappa shape index (κ2) is 8.08. The van der Waals surface area contributed by atoms with Gasteiger partial charge in [0.2, 0.25) is 0 Å². The summed E-state index contributed by atoms with van der Waals surface area (Å²) in [7, 11) is 0. The molecule has 9 rings (SSSR count). The third-order valence-electron chi connectivity index (χ3n) is 8.37. The van der Waals surface area contributed by atoms with Gasteiger partial charge in [-0.05, 0) is 69.8 Å². The normalized spacial score (nSPS) is 12.0. The SMILES string of the molecule is c1ccc2c(-n3c4ccc(-c5ccc6oc7ccccc7c6c5)cc4c4c5ccccc5ccc43)cccc2c1. The molecule has 0 unspecified atom stereocenters. The van der Waals surface area contributed by atoms with Crippen molar-refractivity contribution in [3.63, 3.8) is 0 Å². The fraction of sp³-hybridized carbons (Fsp3) is 0. The number of furan rings is 1. The van der Waals surface area contributed by atoms with E-state index in [1.54, 1.807) is 0 Å². The van der Waals surface area contributed by atoms with Crippen LogP contribution in [0.25, 0.3) is 82.1 Å². The van der Waals surface area contributed by atoms with Crippen LogP contribution in [-0.4, -0.2) is 4.57 Å². The maximum absolute atomic E-state index is 6.10. The van der Waals surface area contributed by atoms with E-state index >= 15 is 0 Å². The van der Waals surface area contributed by atoms with Crippen LogP contribution in [0.5, 0.6) is 0 Å². The molecule has 0 spiro atoms. The molecule has 0 aliphatic rings. The Bertz CT molecular complexity index is 2430. The molecule has 2 heteroatoms. The van der Waals surface area contributed by atoms with Gasteiger partial charge in [0.25, 0.3) is 0 Å². The van der Waals surface area contributed by atoms with E-state index in [4.69, 9.17) is 4.42 Å². The van der Waals surface area contributed by atoms with Gasteiger partial charge in [0.15, 0.2) is 0 Å². The molecule has 0 fully saturated rings. The molecule has 0 aliphatic carbocycles. The van der Waals surface area contributed by atoms with Crippen molar-refractivity contribution < 1.29 is 4.42 Å². The Morgan fingerprint density at radius 1 is 0.400 bits per heavy atom. The average Bonchev–Trinajstić information content (AvgIpc) is 3.56. The van der Waals surface area contributed by atoms with E-state index in [1.807, 2.05) is 12.1 Å². The lowest BCUT2D eigenvalue weighted by atomic mass is 9.99. The first kappa shape index (κ1) is 21.6. The van der Waals surface area contributed by atoms with Crippen LogP contribution >= 0.6 is 0 Å². The minimum atomic E-state index is 0.921. The Balaban J connectivity index is 1.38. The highest BCUT2D eigenvalue weighted by atomic mass is 16.3. The van der Waals surface area contributed by atoms with E-state index in [1.165, 1.54) is 60.2 Å². The summed E-state index contributed by atoms with van der Waals surface area (Å²) in [4.78, 5) is 0. The minimum Gasteiger partial charge on any atom is -0.456 e. The minimum absolute atomic E-state index is 0.921. The highest BCUT2D eigenvalue weighted by Gasteiger charge is 2.17. The molecule has 0 saturated carbocycles. The summed E-state index contributed by atoms with van der Waals surface area (Å²) >= 11 is 0. The van der Waals surface area contributed by atoms with E-state index in [0.717, 1.165) is 21.9 Å². The number of fused-ring (bicyclic) bond motifs is 9. The van der Waals surface area contributed by atoms with Gasteiger partial charge < -0.3 is 8.98 Å². The molecule has 0 radical (unpaired) electrons. The van der Waals surface area contributed by atoms with Crippen molar-refractivity contribution in [2.75, 3.05) is 0 Å². The van der Waals surface area contributed by atoms with Crippen LogP contribution in [0.15, 0.2) is 144 Å². The van der Waals surface area contributed by atoms with Gasteiger partial charge in [-0.15, -0.1) is 0 Å². The Morgan fingerprint density at radius 3 is 1.90 bits per heavy atom. The molecule has 0 atom stereocenters. The van der Waals surface area contributed by atoms with Gasteiger partial charge in [0.1, 0.15) is 11.2 Å². The Labute approximate surface area is 230 Å². The predicted molar refractivity (Wildman–Crippen MR) is 169 cm³/mol. The smallest absolute Gasteiger partial charge is 0.135 e. The van der Waals surface area contributed by atoms with E-state index in [0.29, 0.717) is 0 Å². The summed E-state index contributed by atoms with van der Waals surface area (Å²) in [5.41, 5.74) is 7.86. The van der Waals surface area contributed by atoms with Crippen molar-refractivity contribution in [2.45, 2.75) is 0 Å². The molecule has 9 aromatic rings. The third kappa shape index (κ3) is 2.99. The second-order valence-electron chi connectivity index (χ2n) is 10.6. The van der Waals surface area contributed by atoms with Gasteiger partial charge >= 0.3 is 0 Å². The molecule has 0 bridgehead atoms. The lowest BCUT2D eigenvalue weighted by Crippen LogP contribution is -1.95. The summed E-state index contributed by atoms with van der Waals surface area (Å²) in [6.45, 7) is 0. The molecule has 0 aliphatic heterocycles. The second-order valence-corrected chi connectivity index (χ2v) is 10.6. The van der Waals surface area contributed by atoms with Crippen molar-refractivity contribution in [1.82, 2.24) is 4.57 Å². The molecule has 0 saturated heterocycles. The fourth-order valence-electron chi connectivity index (χ4n) is 6.54. The Kier molecular flexibility index (Phi) is 4.36. The van der Waals surface area contributed by atoms with Gasteiger partial charge in [0, 0.05) is 26.9 Å². The van der Waals surface area contributed by atoms with Gasteiger partial charge in [-0.2, -0.15) is 0 Å². The summed E-state index contributed by atoms with van der Waals surface area (Å²) in [5, 5.41) is 9.87. The van der Waals surface area contributed by atoms with Crippen LogP contribution in [0.3, 0.4) is 0 Å². The van der Waals surface area contributed by atoms with Crippen molar-refractivity contribution in [1.29, 1.82) is 0 Å². The van der Waals surface area contributed by atoms with Crippen LogP contribution in [0, 0.1) is 0 Å². The summed E-state index contributed by atoms with van der Waals surface area (Å²) in [5.74, 6) is 0. The molecule has 7 aromatic carbocycles. The maximum atomic E-state index is 6.10. The van der Waals surface area contributed by atoms with Crippen LogP contribution in [0.4, 0.5) is 0 Å². The van der Waals surface area contributed by atoms with Crippen molar-refractivity contribution in [3.8, 4) is 16.8 Å². The van der Waals surface area contributed by atoms with E-state index in [2.05, 4.69) is 132 Å². The quantitative estimate of drug-likeness (QED) is 0.227. The summed E-state index contributed by atoms with van der Waals surface area (Å²) in [6.07, 6.45) is 0. The zero-order chi connectivity index (χ0) is 26.2. The van der Waals surface area contributed by atoms with Gasteiger partial charge in [-0.3, -0.25) is 0 Å². The van der Waals surface area contributed by atoms with Crippen LogP contribution in [-0.2, 0) is 0 Å². The van der Waals surface area contributed by atoms with E-state index in [9.17, 15) is 0 Å². The number of aromatic nitrogens is 1. The predicted octanol–water partition coefficient (Wildman–Crippen LogP) is 10.7. The van der Waals surface area contributed by atoms with Crippen molar-refractivity contribution >= 4 is 65.3 Å². The maximum Gasteiger partial charge on any atom is 0.135 e. The van der Waals surface area contributed by atoms with Crippen molar-refractivity contribution in [3.05, 3.63) is 140 Å². The first-order valence-electron chi connectivity index (χ1n) is 13.7. The van der Waals surface area contributed by atoms with Crippen LogP contribution < -0.4 is 0 Å². The molecule has 2 heterocycles. The lowest BCUT2D eigenvalue weighted by molar-refractivity contribution is 0.669. The average molecular weight is 510 g/mol. The highest BCUT2D eigenvalue weighted by molar-refractivity contribution is 6.22. The first-order valence-corrected chi connectivity index (χ1v) is 13.7. The largest absolute Gasteiger partial charge is 0.456 e.